The van der Waals surface area contributed by atoms with Gasteiger partial charge in [-0.25, -0.2) is 5.06 Å². The summed E-state index contributed by atoms with van der Waals surface area (Å²) in [5, 5.41) is 1.26. The molecule has 0 spiro atoms. The number of amides is 1. The predicted octanol–water partition coefficient (Wildman–Crippen LogP) is 0.679. The molecular weight excluding hydrogens is 170 g/mol. The van der Waals surface area contributed by atoms with Crippen LogP contribution < -0.4 is 0 Å². The molecule has 0 N–H and O–H groups in total. The Morgan fingerprint density at radius 2 is 2.23 bits per heavy atom. The summed E-state index contributed by atoms with van der Waals surface area (Å²) >= 11 is 0. The number of nitrogens with zero attached hydrogens (tertiary/aromatic N) is 1. The molecule has 1 rings (SSSR count). The Morgan fingerprint density at radius 1 is 1.62 bits per heavy atom. The van der Waals surface area contributed by atoms with Gasteiger partial charge in [0.2, 0.25) is 0 Å². The van der Waals surface area contributed by atoms with Crippen LogP contribution in [0.5, 0.6) is 0 Å². The summed E-state index contributed by atoms with van der Waals surface area (Å²) in [6, 6.07) is 0. The molecule has 0 aliphatic carbocycles. The first-order valence-electron chi connectivity index (χ1n) is 4.38. The Labute approximate surface area is 78.8 Å². The average Bonchev–Trinajstić information content (AvgIpc) is 2.42. The van der Waals surface area contributed by atoms with E-state index in [4.69, 9.17) is 9.57 Å². The third-order valence-corrected chi connectivity index (χ3v) is 2.58. The topological polar surface area (TPSA) is 38.8 Å². The first-order valence-corrected chi connectivity index (χ1v) is 4.38. The monoisotopic (exact) mass is 187 g/mol. The van der Waals surface area contributed by atoms with Crippen LogP contribution in [-0.2, 0) is 14.4 Å². The van der Waals surface area contributed by atoms with Gasteiger partial charge in [-0.05, 0) is 0 Å². The van der Waals surface area contributed by atoms with Crippen LogP contribution in [0.15, 0.2) is 0 Å². The van der Waals surface area contributed by atoms with Crippen molar-refractivity contribution in [3.8, 4) is 0 Å². The van der Waals surface area contributed by atoms with E-state index in [1.807, 2.05) is 13.8 Å². The smallest absolute Gasteiger partial charge is 0.251 e. The molecule has 0 aromatic rings. The van der Waals surface area contributed by atoms with Crippen molar-refractivity contribution < 1.29 is 14.4 Å². The Balaban J connectivity index is 2.66. The molecule has 1 amide bonds. The van der Waals surface area contributed by atoms with Crippen molar-refractivity contribution in [1.82, 2.24) is 5.06 Å². The Kier molecular flexibility index (Phi) is 2.93. The normalized spacial score (nSPS) is 26.0. The number of ether oxygens (including phenoxy) is 1. The van der Waals surface area contributed by atoms with Crippen molar-refractivity contribution in [3.05, 3.63) is 0 Å². The van der Waals surface area contributed by atoms with Crippen LogP contribution >= 0.6 is 0 Å². The zero-order valence-corrected chi connectivity index (χ0v) is 8.66. The Bertz CT molecular complexity index is 203. The maximum atomic E-state index is 11.7. The van der Waals surface area contributed by atoms with E-state index in [-0.39, 0.29) is 17.2 Å². The zero-order valence-electron chi connectivity index (χ0n) is 8.66. The minimum Gasteiger partial charge on any atom is -0.380 e. The molecule has 0 bridgehead atoms. The summed E-state index contributed by atoms with van der Waals surface area (Å²) in [7, 11) is 3.11. The third-order valence-electron chi connectivity index (χ3n) is 2.58. The van der Waals surface area contributed by atoms with Crippen LogP contribution in [0.3, 0.4) is 0 Å². The minimum atomic E-state index is -0.0857. The molecule has 1 heterocycles. The van der Waals surface area contributed by atoms with Gasteiger partial charge in [0.15, 0.2) is 0 Å². The van der Waals surface area contributed by atoms with Gasteiger partial charge >= 0.3 is 0 Å². The SMILES string of the molecule is CON(C)C(=O)[C@@H]1COCC1(C)C. The summed E-state index contributed by atoms with van der Waals surface area (Å²) in [5.74, 6) is -0.0950. The van der Waals surface area contributed by atoms with Gasteiger partial charge in [0.05, 0.1) is 26.2 Å². The molecule has 13 heavy (non-hydrogen) atoms. The van der Waals surface area contributed by atoms with Crippen molar-refractivity contribution in [3.63, 3.8) is 0 Å². The predicted molar refractivity (Wildman–Crippen MR) is 47.9 cm³/mol. The summed E-state index contributed by atoms with van der Waals surface area (Å²) in [5.41, 5.74) is -0.0795. The number of hydrogen-bond donors (Lipinski definition) is 0. The van der Waals surface area contributed by atoms with Gasteiger partial charge in [-0.15, -0.1) is 0 Å². The van der Waals surface area contributed by atoms with E-state index in [0.717, 1.165) is 0 Å². The van der Waals surface area contributed by atoms with Crippen LogP contribution in [0.1, 0.15) is 13.8 Å². The molecule has 76 valence electrons. The standard InChI is InChI=1S/C9H17NO3/c1-9(2)6-13-5-7(9)8(11)10(3)12-4/h7H,5-6H2,1-4H3/t7-/m0/s1. The van der Waals surface area contributed by atoms with Gasteiger partial charge in [0, 0.05) is 12.5 Å². The molecule has 0 unspecified atom stereocenters. The molecule has 1 atom stereocenters. The highest BCUT2D eigenvalue weighted by Crippen LogP contribution is 2.34. The summed E-state index contributed by atoms with van der Waals surface area (Å²) in [6.07, 6.45) is 0. The highest BCUT2D eigenvalue weighted by molar-refractivity contribution is 5.78. The Hall–Kier alpha value is -0.610. The molecule has 0 radical (unpaired) electrons. The van der Waals surface area contributed by atoms with Crippen molar-refractivity contribution in [2.75, 3.05) is 27.4 Å². The van der Waals surface area contributed by atoms with Crippen LogP contribution in [-0.4, -0.2) is 38.3 Å². The van der Waals surface area contributed by atoms with Crippen LogP contribution in [0, 0.1) is 11.3 Å². The van der Waals surface area contributed by atoms with E-state index in [2.05, 4.69) is 0 Å². The number of carbonyl (C=O) groups is 1. The quantitative estimate of drug-likeness (QED) is 0.597. The third kappa shape index (κ3) is 2.00. The maximum Gasteiger partial charge on any atom is 0.251 e. The number of rotatable bonds is 2. The van der Waals surface area contributed by atoms with Crippen LogP contribution in [0.4, 0.5) is 0 Å². The van der Waals surface area contributed by atoms with E-state index in [0.29, 0.717) is 13.2 Å². The lowest BCUT2D eigenvalue weighted by atomic mass is 9.81. The largest absolute Gasteiger partial charge is 0.380 e. The molecule has 1 aliphatic rings. The molecule has 0 aromatic carbocycles. The van der Waals surface area contributed by atoms with Gasteiger partial charge in [0.25, 0.3) is 5.91 Å². The van der Waals surface area contributed by atoms with E-state index >= 15 is 0 Å². The van der Waals surface area contributed by atoms with Crippen molar-refractivity contribution in [2.45, 2.75) is 13.8 Å². The highest BCUT2D eigenvalue weighted by Gasteiger charge is 2.42. The van der Waals surface area contributed by atoms with E-state index in [9.17, 15) is 4.79 Å². The molecule has 1 aliphatic heterocycles. The lowest BCUT2D eigenvalue weighted by Crippen LogP contribution is -2.39. The first kappa shape index (κ1) is 10.5. The first-order chi connectivity index (χ1) is 5.99. The van der Waals surface area contributed by atoms with Crippen molar-refractivity contribution >= 4 is 5.91 Å². The molecule has 0 aromatic heterocycles. The number of hydrogen-bond acceptors (Lipinski definition) is 3. The summed E-state index contributed by atoms with van der Waals surface area (Å²) in [6.45, 7) is 5.21. The van der Waals surface area contributed by atoms with Gasteiger partial charge in [-0.1, -0.05) is 13.8 Å². The maximum absolute atomic E-state index is 11.7. The number of carbonyl (C=O) groups excluding carboxylic acids is 1. The van der Waals surface area contributed by atoms with Gasteiger partial charge < -0.3 is 4.74 Å². The zero-order chi connectivity index (χ0) is 10.1. The molecule has 4 nitrogen and oxygen atoms in total. The van der Waals surface area contributed by atoms with E-state index < -0.39 is 0 Å². The van der Waals surface area contributed by atoms with Crippen LogP contribution in [0.2, 0.25) is 0 Å². The lowest BCUT2D eigenvalue weighted by Gasteiger charge is -2.26. The van der Waals surface area contributed by atoms with Crippen molar-refractivity contribution in [1.29, 1.82) is 0 Å². The second kappa shape index (κ2) is 3.64. The molecule has 1 fully saturated rings. The molecule has 0 saturated carbocycles. The number of hydroxylamine groups is 2. The van der Waals surface area contributed by atoms with Crippen LogP contribution in [0.25, 0.3) is 0 Å². The second-order valence-electron chi connectivity index (χ2n) is 4.07. The van der Waals surface area contributed by atoms with Crippen molar-refractivity contribution in [2.24, 2.45) is 11.3 Å². The van der Waals surface area contributed by atoms with E-state index in [1.165, 1.54) is 12.2 Å². The van der Waals surface area contributed by atoms with E-state index in [1.54, 1.807) is 7.05 Å². The van der Waals surface area contributed by atoms with Gasteiger partial charge in [-0.3, -0.25) is 9.63 Å². The highest BCUT2D eigenvalue weighted by atomic mass is 16.7. The molecule has 1 saturated heterocycles. The van der Waals surface area contributed by atoms with Gasteiger partial charge in [-0.2, -0.15) is 0 Å². The average molecular weight is 187 g/mol. The summed E-state index contributed by atoms with van der Waals surface area (Å²) < 4.78 is 5.29. The summed E-state index contributed by atoms with van der Waals surface area (Å²) in [4.78, 5) is 16.6. The van der Waals surface area contributed by atoms with Gasteiger partial charge in [0.1, 0.15) is 0 Å². The fourth-order valence-electron chi connectivity index (χ4n) is 1.48. The minimum absolute atomic E-state index is 0.00926. The lowest BCUT2D eigenvalue weighted by molar-refractivity contribution is -0.175. The molecule has 4 heteroatoms. The fraction of sp³-hybridized carbons (Fsp3) is 0.889. The molecular formula is C9H17NO3. The second-order valence-corrected chi connectivity index (χ2v) is 4.07. The fourth-order valence-corrected chi connectivity index (χ4v) is 1.48. The Morgan fingerprint density at radius 3 is 2.62 bits per heavy atom.